The number of carbonyl (C=O) groups excluding carboxylic acids is 1. The average Bonchev–Trinajstić information content (AvgIpc) is 2.68. The number of nitrogens with two attached hydrogens (primary N) is 1. The fourth-order valence-electron chi connectivity index (χ4n) is 2.99. The summed E-state index contributed by atoms with van der Waals surface area (Å²) in [6.45, 7) is 1.41. The van der Waals surface area contributed by atoms with Crippen LogP contribution in [0.4, 0.5) is 10.1 Å². The van der Waals surface area contributed by atoms with Gasteiger partial charge in [-0.3, -0.25) is 4.79 Å². The van der Waals surface area contributed by atoms with Crippen molar-refractivity contribution in [2.75, 3.05) is 11.4 Å². The lowest BCUT2D eigenvalue weighted by atomic mass is 10.0. The van der Waals surface area contributed by atoms with Gasteiger partial charge in [0.2, 0.25) is 5.91 Å². The van der Waals surface area contributed by atoms with E-state index in [4.69, 9.17) is 5.73 Å². The molecule has 1 heterocycles. The Bertz CT molecular complexity index is 715. The van der Waals surface area contributed by atoms with Crippen LogP contribution in [0.25, 0.3) is 0 Å². The van der Waals surface area contributed by atoms with E-state index in [1.165, 1.54) is 12.1 Å². The minimum atomic E-state index is -0.636. The molecule has 0 bridgehead atoms. The fourth-order valence-corrected chi connectivity index (χ4v) is 2.99. The number of rotatable bonds is 3. The van der Waals surface area contributed by atoms with Crippen molar-refractivity contribution < 1.29 is 14.3 Å². The van der Waals surface area contributed by atoms with E-state index >= 15 is 0 Å². The van der Waals surface area contributed by atoms with E-state index in [0.29, 0.717) is 24.1 Å². The van der Waals surface area contributed by atoms with Crippen molar-refractivity contribution >= 4 is 11.6 Å². The van der Waals surface area contributed by atoms with Crippen LogP contribution in [0.2, 0.25) is 0 Å². The number of hydrogen-bond donors (Lipinski definition) is 2. The second-order valence-electron chi connectivity index (χ2n) is 5.84. The number of halogens is 1. The zero-order valence-corrected chi connectivity index (χ0v) is 12.7. The molecule has 5 heteroatoms. The molecule has 0 unspecified atom stereocenters. The molecule has 0 spiro atoms. The number of hydrogen-bond acceptors (Lipinski definition) is 3. The molecule has 0 saturated heterocycles. The molecule has 1 amide bonds. The number of nitrogens with zero attached hydrogens (tertiary/aromatic N) is 1. The van der Waals surface area contributed by atoms with Crippen LogP contribution in [-0.2, 0) is 6.54 Å². The Morgan fingerprint density at radius 3 is 2.70 bits per heavy atom. The molecule has 4 nitrogen and oxygen atoms in total. The Morgan fingerprint density at radius 1 is 1.26 bits per heavy atom. The maximum absolute atomic E-state index is 13.5. The molecule has 0 aromatic heterocycles. The van der Waals surface area contributed by atoms with Gasteiger partial charge in [-0.05, 0) is 48.7 Å². The first-order chi connectivity index (χ1) is 11.0. The van der Waals surface area contributed by atoms with Crippen molar-refractivity contribution in [3.8, 4) is 0 Å². The predicted octanol–water partition coefficient (Wildman–Crippen LogP) is 2.76. The summed E-state index contributed by atoms with van der Waals surface area (Å²) in [6, 6.07) is 11.7. The fraction of sp³-hybridized carbons (Fsp3) is 0.278. The van der Waals surface area contributed by atoms with Gasteiger partial charge in [-0.15, -0.1) is 0 Å². The zero-order chi connectivity index (χ0) is 16.4. The molecule has 0 aliphatic carbocycles. The van der Waals surface area contributed by atoms with Crippen LogP contribution in [0.5, 0.6) is 0 Å². The van der Waals surface area contributed by atoms with Crippen LogP contribution in [-0.4, -0.2) is 17.6 Å². The lowest BCUT2D eigenvalue weighted by Crippen LogP contribution is -2.23. The summed E-state index contributed by atoms with van der Waals surface area (Å²) in [7, 11) is 0. The van der Waals surface area contributed by atoms with Crippen LogP contribution >= 0.6 is 0 Å². The third-order valence-electron chi connectivity index (χ3n) is 4.21. The van der Waals surface area contributed by atoms with E-state index in [0.717, 1.165) is 24.2 Å². The Balaban J connectivity index is 1.87. The molecule has 0 saturated carbocycles. The average molecular weight is 314 g/mol. The number of benzene rings is 2. The van der Waals surface area contributed by atoms with E-state index in [-0.39, 0.29) is 5.82 Å². The lowest BCUT2D eigenvalue weighted by Gasteiger charge is -2.25. The lowest BCUT2D eigenvalue weighted by molar-refractivity contribution is 0.100. The normalized spacial score (nSPS) is 17.5. The molecule has 1 aliphatic rings. The first kappa shape index (κ1) is 15.5. The van der Waals surface area contributed by atoms with E-state index in [2.05, 4.69) is 4.90 Å². The second-order valence-corrected chi connectivity index (χ2v) is 5.84. The van der Waals surface area contributed by atoms with Crippen molar-refractivity contribution in [3.63, 3.8) is 0 Å². The van der Waals surface area contributed by atoms with Crippen LogP contribution in [0.3, 0.4) is 0 Å². The largest absolute Gasteiger partial charge is 0.388 e. The molecule has 1 aliphatic heterocycles. The minimum Gasteiger partial charge on any atom is -0.388 e. The van der Waals surface area contributed by atoms with Crippen LogP contribution in [0.1, 0.15) is 40.4 Å². The molecular formula is C18H19FN2O2. The number of fused-ring (bicyclic) bond motifs is 1. The van der Waals surface area contributed by atoms with Gasteiger partial charge in [0.05, 0.1) is 6.10 Å². The molecule has 120 valence electrons. The third-order valence-corrected chi connectivity index (χ3v) is 4.21. The van der Waals surface area contributed by atoms with E-state index in [9.17, 15) is 14.3 Å². The van der Waals surface area contributed by atoms with Gasteiger partial charge in [-0.25, -0.2) is 4.39 Å². The third kappa shape index (κ3) is 3.35. The standard InChI is InChI=1S/C18H19FN2O2/c19-14-7-8-16-15(10-14)17(22)2-1-9-21(16)11-12-3-5-13(6-4-12)18(20)23/h3-8,10,17,22H,1-2,9,11H2,(H2,20,23)/t17-/m0/s1. The Kier molecular flexibility index (Phi) is 4.30. The van der Waals surface area contributed by atoms with Gasteiger partial charge in [0.1, 0.15) is 5.82 Å². The summed E-state index contributed by atoms with van der Waals surface area (Å²) in [4.78, 5) is 13.3. The number of anilines is 1. The first-order valence-electron chi connectivity index (χ1n) is 7.66. The van der Waals surface area contributed by atoms with Crippen LogP contribution < -0.4 is 10.6 Å². The maximum atomic E-state index is 13.5. The molecule has 2 aromatic carbocycles. The van der Waals surface area contributed by atoms with Gasteiger partial charge < -0.3 is 15.7 Å². The van der Waals surface area contributed by atoms with Gasteiger partial charge in [0, 0.05) is 29.9 Å². The SMILES string of the molecule is NC(=O)c1ccc(CN2CCC[C@H](O)c3cc(F)ccc32)cc1. The van der Waals surface area contributed by atoms with Gasteiger partial charge in [0.25, 0.3) is 0 Å². The summed E-state index contributed by atoms with van der Waals surface area (Å²) in [5.41, 5.74) is 8.24. The van der Waals surface area contributed by atoms with Crippen molar-refractivity contribution in [2.45, 2.75) is 25.5 Å². The van der Waals surface area contributed by atoms with Crippen LogP contribution in [0, 0.1) is 5.82 Å². The number of primary amides is 1. The van der Waals surface area contributed by atoms with Crippen LogP contribution in [0.15, 0.2) is 42.5 Å². The number of amides is 1. The molecule has 0 fully saturated rings. The molecule has 3 rings (SSSR count). The van der Waals surface area contributed by atoms with Gasteiger partial charge in [-0.1, -0.05) is 12.1 Å². The highest BCUT2D eigenvalue weighted by Crippen LogP contribution is 2.34. The monoisotopic (exact) mass is 314 g/mol. The van der Waals surface area contributed by atoms with E-state index in [1.807, 2.05) is 12.1 Å². The topological polar surface area (TPSA) is 66.6 Å². The molecule has 0 radical (unpaired) electrons. The molecule has 2 aromatic rings. The second kappa shape index (κ2) is 6.38. The number of aliphatic hydroxyl groups excluding tert-OH is 1. The van der Waals surface area contributed by atoms with Crippen molar-refractivity contribution in [3.05, 3.63) is 65.0 Å². The highest BCUT2D eigenvalue weighted by molar-refractivity contribution is 5.92. The van der Waals surface area contributed by atoms with E-state index in [1.54, 1.807) is 18.2 Å². The highest BCUT2D eigenvalue weighted by Gasteiger charge is 2.22. The summed E-state index contributed by atoms with van der Waals surface area (Å²) in [5, 5.41) is 10.2. The predicted molar refractivity (Wildman–Crippen MR) is 86.6 cm³/mol. The summed E-state index contributed by atoms with van der Waals surface area (Å²) in [5.74, 6) is -0.786. The molecule has 23 heavy (non-hydrogen) atoms. The summed E-state index contributed by atoms with van der Waals surface area (Å²) >= 11 is 0. The Labute approximate surface area is 134 Å². The van der Waals surface area contributed by atoms with Crippen molar-refractivity contribution in [1.29, 1.82) is 0 Å². The molecule has 1 atom stereocenters. The quantitative estimate of drug-likeness (QED) is 0.915. The zero-order valence-electron chi connectivity index (χ0n) is 12.7. The summed E-state index contributed by atoms with van der Waals surface area (Å²) in [6.07, 6.45) is 0.813. The van der Waals surface area contributed by atoms with E-state index < -0.39 is 12.0 Å². The maximum Gasteiger partial charge on any atom is 0.248 e. The van der Waals surface area contributed by atoms with Crippen molar-refractivity contribution in [1.82, 2.24) is 0 Å². The molecular weight excluding hydrogens is 295 g/mol. The number of aliphatic hydroxyl groups is 1. The highest BCUT2D eigenvalue weighted by atomic mass is 19.1. The van der Waals surface area contributed by atoms with Gasteiger partial charge >= 0.3 is 0 Å². The minimum absolute atomic E-state index is 0.338. The van der Waals surface area contributed by atoms with Crippen molar-refractivity contribution in [2.24, 2.45) is 5.73 Å². The first-order valence-corrected chi connectivity index (χ1v) is 7.66. The smallest absolute Gasteiger partial charge is 0.248 e. The number of carbonyl (C=O) groups is 1. The van der Waals surface area contributed by atoms with Gasteiger partial charge in [0.15, 0.2) is 0 Å². The van der Waals surface area contributed by atoms with Gasteiger partial charge in [-0.2, -0.15) is 0 Å². The summed E-state index contributed by atoms with van der Waals surface area (Å²) < 4.78 is 13.5. The molecule has 3 N–H and O–H groups in total. The Morgan fingerprint density at radius 2 is 2.00 bits per heavy atom. The Hall–Kier alpha value is -2.40.